The Kier molecular flexibility index (Phi) is 4.50. The summed E-state index contributed by atoms with van der Waals surface area (Å²) in [5.74, 6) is 1.00. The van der Waals surface area contributed by atoms with Gasteiger partial charge >= 0.3 is 0 Å². The Bertz CT molecular complexity index is 732. The molecule has 2 aliphatic rings. The van der Waals surface area contributed by atoms with Crippen LogP contribution < -0.4 is 0 Å². The number of aromatic nitrogens is 3. The molecule has 2 atom stereocenters. The lowest BCUT2D eigenvalue weighted by Crippen LogP contribution is -2.61. The molecular formula is C18H23N5O2. The van der Waals surface area contributed by atoms with Crippen LogP contribution in [0, 0.1) is 6.92 Å². The Balaban J connectivity index is 1.48. The van der Waals surface area contributed by atoms with E-state index in [9.17, 15) is 4.79 Å². The summed E-state index contributed by atoms with van der Waals surface area (Å²) in [6.45, 7) is 5.81. The van der Waals surface area contributed by atoms with Crippen LogP contribution in [0.15, 0.2) is 30.7 Å². The largest absolute Gasteiger partial charge is 0.374 e. The molecule has 25 heavy (non-hydrogen) atoms. The molecule has 2 aromatic heterocycles. The molecule has 0 bridgehead atoms. The average molecular weight is 341 g/mol. The van der Waals surface area contributed by atoms with Crippen molar-refractivity contribution in [1.82, 2.24) is 24.8 Å². The lowest BCUT2D eigenvalue weighted by atomic mass is 9.97. The highest BCUT2D eigenvalue weighted by Crippen LogP contribution is 2.25. The zero-order valence-electron chi connectivity index (χ0n) is 14.4. The topological polar surface area (TPSA) is 74.3 Å². The van der Waals surface area contributed by atoms with Crippen LogP contribution in [0.4, 0.5) is 0 Å². The SMILES string of the molecule is Cc1ncc(CN2CC[C@H]3OCCN(C(=O)c4ccncc4)[C@@H]3C2)[nH]1. The molecule has 0 unspecified atom stereocenters. The Morgan fingerprint density at radius 2 is 2.20 bits per heavy atom. The molecule has 4 heterocycles. The van der Waals surface area contributed by atoms with Gasteiger partial charge in [0.25, 0.3) is 5.91 Å². The number of hydrogen-bond acceptors (Lipinski definition) is 5. The number of pyridine rings is 1. The number of aryl methyl sites for hydroxylation is 1. The van der Waals surface area contributed by atoms with Crippen LogP contribution in [0.1, 0.15) is 28.3 Å². The first-order valence-electron chi connectivity index (χ1n) is 8.76. The first kappa shape index (κ1) is 16.2. The summed E-state index contributed by atoms with van der Waals surface area (Å²) in [5.41, 5.74) is 1.80. The van der Waals surface area contributed by atoms with E-state index >= 15 is 0 Å². The maximum absolute atomic E-state index is 12.9. The molecule has 132 valence electrons. The number of rotatable bonds is 3. The second kappa shape index (κ2) is 6.93. The van der Waals surface area contributed by atoms with E-state index in [1.165, 1.54) is 0 Å². The number of likely N-dealkylation sites (tertiary alicyclic amines) is 1. The van der Waals surface area contributed by atoms with Crippen molar-refractivity contribution in [2.24, 2.45) is 0 Å². The van der Waals surface area contributed by atoms with E-state index in [2.05, 4.69) is 19.9 Å². The zero-order valence-corrected chi connectivity index (χ0v) is 14.4. The number of fused-ring (bicyclic) bond motifs is 1. The Labute approximate surface area is 147 Å². The minimum atomic E-state index is 0.0694. The predicted molar refractivity (Wildman–Crippen MR) is 92.0 cm³/mol. The van der Waals surface area contributed by atoms with Crippen molar-refractivity contribution in [3.8, 4) is 0 Å². The number of carbonyl (C=O) groups excluding carboxylic acids is 1. The first-order chi connectivity index (χ1) is 12.2. The molecule has 0 spiro atoms. The fourth-order valence-electron chi connectivity index (χ4n) is 3.79. The van der Waals surface area contributed by atoms with Gasteiger partial charge in [-0.05, 0) is 25.5 Å². The summed E-state index contributed by atoms with van der Waals surface area (Å²) >= 11 is 0. The van der Waals surface area contributed by atoms with Gasteiger partial charge in [-0.3, -0.25) is 14.7 Å². The molecule has 2 aromatic rings. The Hall–Kier alpha value is -2.25. The highest BCUT2D eigenvalue weighted by atomic mass is 16.5. The number of hydrogen-bond donors (Lipinski definition) is 1. The van der Waals surface area contributed by atoms with Gasteiger partial charge < -0.3 is 14.6 Å². The van der Waals surface area contributed by atoms with Gasteiger partial charge in [-0.1, -0.05) is 0 Å². The predicted octanol–water partition coefficient (Wildman–Crippen LogP) is 1.23. The summed E-state index contributed by atoms with van der Waals surface area (Å²) in [6, 6.07) is 3.65. The van der Waals surface area contributed by atoms with Crippen LogP contribution in [0.25, 0.3) is 0 Å². The molecule has 0 saturated carbocycles. The summed E-state index contributed by atoms with van der Waals surface area (Å²) in [5, 5.41) is 0. The standard InChI is InChI=1S/C18H23N5O2/c1-13-20-10-15(21-13)11-22-7-4-17-16(12-22)23(8-9-25-17)18(24)14-2-5-19-6-3-14/h2-3,5-6,10,16-17H,4,7-9,11-12H2,1H3,(H,20,21)/t16-,17-/m1/s1. The number of aromatic amines is 1. The Morgan fingerprint density at radius 1 is 1.36 bits per heavy atom. The van der Waals surface area contributed by atoms with Crippen LogP contribution in [0.5, 0.6) is 0 Å². The molecule has 0 aromatic carbocycles. The normalized spacial score (nSPS) is 24.1. The van der Waals surface area contributed by atoms with Crippen LogP contribution in [0.2, 0.25) is 0 Å². The number of nitrogens with zero attached hydrogens (tertiary/aromatic N) is 4. The van der Waals surface area contributed by atoms with E-state index in [0.29, 0.717) is 18.7 Å². The maximum atomic E-state index is 12.9. The van der Waals surface area contributed by atoms with Crippen LogP contribution in [-0.4, -0.2) is 69.0 Å². The second-order valence-corrected chi connectivity index (χ2v) is 6.73. The van der Waals surface area contributed by atoms with Crippen molar-refractivity contribution in [2.45, 2.75) is 32.0 Å². The number of morpholine rings is 1. The van der Waals surface area contributed by atoms with Gasteiger partial charge in [-0.15, -0.1) is 0 Å². The third kappa shape index (κ3) is 3.43. The minimum absolute atomic E-state index is 0.0694. The number of ether oxygens (including phenoxy) is 1. The smallest absolute Gasteiger partial charge is 0.254 e. The van der Waals surface area contributed by atoms with Crippen LogP contribution in [-0.2, 0) is 11.3 Å². The maximum Gasteiger partial charge on any atom is 0.254 e. The Morgan fingerprint density at radius 3 is 2.96 bits per heavy atom. The summed E-state index contributed by atoms with van der Waals surface area (Å²) in [6.07, 6.45) is 6.29. The van der Waals surface area contributed by atoms with Crippen molar-refractivity contribution in [1.29, 1.82) is 0 Å². The molecule has 7 heteroatoms. The van der Waals surface area contributed by atoms with Gasteiger partial charge in [0.1, 0.15) is 5.82 Å². The third-order valence-electron chi connectivity index (χ3n) is 5.01. The molecule has 1 amide bonds. The average Bonchev–Trinajstić information content (AvgIpc) is 3.06. The highest BCUT2D eigenvalue weighted by molar-refractivity contribution is 5.94. The van der Waals surface area contributed by atoms with Crippen molar-refractivity contribution >= 4 is 5.91 Å². The third-order valence-corrected chi connectivity index (χ3v) is 5.01. The van der Waals surface area contributed by atoms with Crippen molar-refractivity contribution in [2.75, 3.05) is 26.2 Å². The number of H-pyrrole nitrogens is 1. The molecule has 4 rings (SSSR count). The van der Waals surface area contributed by atoms with Gasteiger partial charge in [-0.2, -0.15) is 0 Å². The minimum Gasteiger partial charge on any atom is -0.374 e. The molecule has 2 saturated heterocycles. The number of nitrogens with one attached hydrogen (secondary N) is 1. The van der Waals surface area contributed by atoms with E-state index in [0.717, 1.165) is 37.6 Å². The van der Waals surface area contributed by atoms with Gasteiger partial charge in [0.15, 0.2) is 0 Å². The van der Waals surface area contributed by atoms with Gasteiger partial charge in [0.2, 0.25) is 0 Å². The van der Waals surface area contributed by atoms with Crippen LogP contribution in [0.3, 0.4) is 0 Å². The summed E-state index contributed by atoms with van der Waals surface area (Å²) in [7, 11) is 0. The van der Waals surface area contributed by atoms with E-state index in [-0.39, 0.29) is 18.1 Å². The number of carbonyl (C=O) groups is 1. The van der Waals surface area contributed by atoms with Crippen molar-refractivity contribution < 1.29 is 9.53 Å². The highest BCUT2D eigenvalue weighted by Gasteiger charge is 2.39. The molecule has 1 N–H and O–H groups in total. The van der Waals surface area contributed by atoms with Gasteiger partial charge in [0, 0.05) is 56.0 Å². The summed E-state index contributed by atoms with van der Waals surface area (Å²) < 4.78 is 5.95. The second-order valence-electron chi connectivity index (χ2n) is 6.73. The molecule has 2 aliphatic heterocycles. The lowest BCUT2D eigenvalue weighted by Gasteiger charge is -2.47. The monoisotopic (exact) mass is 341 g/mol. The molecule has 7 nitrogen and oxygen atoms in total. The molecule has 0 radical (unpaired) electrons. The van der Waals surface area contributed by atoms with E-state index in [1.54, 1.807) is 24.5 Å². The van der Waals surface area contributed by atoms with Gasteiger partial charge in [-0.25, -0.2) is 4.98 Å². The first-order valence-corrected chi connectivity index (χ1v) is 8.76. The molecule has 2 fully saturated rings. The van der Waals surface area contributed by atoms with E-state index in [1.807, 2.05) is 18.0 Å². The zero-order chi connectivity index (χ0) is 17.2. The van der Waals surface area contributed by atoms with Crippen LogP contribution >= 0.6 is 0 Å². The quantitative estimate of drug-likeness (QED) is 0.909. The lowest BCUT2D eigenvalue weighted by molar-refractivity contribution is -0.0915. The molecule has 0 aliphatic carbocycles. The van der Waals surface area contributed by atoms with Crippen molar-refractivity contribution in [3.63, 3.8) is 0 Å². The van der Waals surface area contributed by atoms with E-state index in [4.69, 9.17) is 4.74 Å². The van der Waals surface area contributed by atoms with Crippen molar-refractivity contribution in [3.05, 3.63) is 47.8 Å². The molecular weight excluding hydrogens is 318 g/mol. The summed E-state index contributed by atoms with van der Waals surface area (Å²) in [4.78, 5) is 28.8. The number of amides is 1. The van der Waals surface area contributed by atoms with E-state index < -0.39 is 0 Å². The fraction of sp³-hybridized carbons (Fsp3) is 0.500. The van der Waals surface area contributed by atoms with Gasteiger partial charge in [0.05, 0.1) is 18.8 Å². The number of piperidine rings is 1. The number of imidazole rings is 1. The fourth-order valence-corrected chi connectivity index (χ4v) is 3.79.